The fraction of sp³-hybridized carbons (Fsp3) is 0.136. The van der Waals surface area contributed by atoms with Gasteiger partial charge in [0.2, 0.25) is 0 Å². The van der Waals surface area contributed by atoms with E-state index in [2.05, 4.69) is 10.3 Å². The first-order valence-electron chi connectivity index (χ1n) is 8.47. The number of nitrogens with zero attached hydrogens (tertiary/aromatic N) is 1. The minimum Gasteiger partial charge on any atom is -0.512 e. The number of aliphatic imine (C=N–C) groups is 1. The summed E-state index contributed by atoms with van der Waals surface area (Å²) in [6.45, 7) is 4.60. The molecule has 0 aromatic heterocycles. The minimum atomic E-state index is -0.270. The van der Waals surface area contributed by atoms with E-state index in [0.29, 0.717) is 22.6 Å². The number of anilines is 1. The molecular weight excluding hydrogens is 340 g/mol. The second kappa shape index (κ2) is 9.29. The third-order valence-corrected chi connectivity index (χ3v) is 3.74. The summed E-state index contributed by atoms with van der Waals surface area (Å²) in [7, 11) is 0. The Bertz CT molecular complexity index is 922. The van der Waals surface area contributed by atoms with Gasteiger partial charge in [-0.2, -0.15) is 0 Å². The minimum absolute atomic E-state index is 0.0822. The number of rotatable bonds is 7. The highest BCUT2D eigenvalue weighted by molar-refractivity contribution is 6.13. The van der Waals surface area contributed by atoms with Crippen LogP contribution in [0.15, 0.2) is 82.7 Å². The van der Waals surface area contributed by atoms with E-state index in [1.54, 1.807) is 25.1 Å². The third-order valence-electron chi connectivity index (χ3n) is 3.74. The first kappa shape index (κ1) is 19.8. The summed E-state index contributed by atoms with van der Waals surface area (Å²) in [4.78, 5) is 28.1. The van der Waals surface area contributed by atoms with E-state index in [-0.39, 0.29) is 22.9 Å². The molecule has 2 aromatic rings. The van der Waals surface area contributed by atoms with Crippen molar-refractivity contribution in [2.45, 2.75) is 20.8 Å². The number of aliphatic hydroxyl groups excluding tert-OH is 1. The summed E-state index contributed by atoms with van der Waals surface area (Å²) in [5.74, 6) is -0.450. The average Bonchev–Trinajstić information content (AvgIpc) is 2.63. The zero-order valence-corrected chi connectivity index (χ0v) is 15.6. The zero-order valence-electron chi connectivity index (χ0n) is 15.6. The molecule has 0 heterocycles. The first-order chi connectivity index (χ1) is 12.9. The Balaban J connectivity index is 2.23. The largest absolute Gasteiger partial charge is 0.512 e. The number of ketones is 2. The van der Waals surface area contributed by atoms with Crippen LogP contribution in [0.3, 0.4) is 0 Å². The summed E-state index contributed by atoms with van der Waals surface area (Å²) in [6.07, 6.45) is 2.86. The standard InChI is InChI=1S/C22H22N2O3/c1-15(13-22(27)18-9-5-4-6-10-18)24-21-12-8-7-11-20(21)23-14-19(16(2)25)17(3)26/h4-14,24-25H,1-3H3/b15-13+,19-16-,23-14?. The number of benzene rings is 2. The molecule has 0 atom stereocenters. The molecule has 0 saturated heterocycles. The van der Waals surface area contributed by atoms with E-state index in [4.69, 9.17) is 0 Å². The maximum atomic E-state index is 12.3. The molecule has 0 aliphatic rings. The predicted octanol–water partition coefficient (Wildman–Crippen LogP) is 5.01. The van der Waals surface area contributed by atoms with Crippen LogP contribution in [0, 0.1) is 0 Å². The van der Waals surface area contributed by atoms with E-state index >= 15 is 0 Å². The van der Waals surface area contributed by atoms with Crippen molar-refractivity contribution in [3.8, 4) is 0 Å². The van der Waals surface area contributed by atoms with Gasteiger partial charge in [-0.05, 0) is 32.9 Å². The van der Waals surface area contributed by atoms with Crippen molar-refractivity contribution in [3.63, 3.8) is 0 Å². The quantitative estimate of drug-likeness (QED) is 0.314. The van der Waals surface area contributed by atoms with Crippen molar-refractivity contribution in [1.82, 2.24) is 0 Å². The van der Waals surface area contributed by atoms with Crippen LogP contribution in [-0.2, 0) is 4.79 Å². The Kier molecular flexibility index (Phi) is 6.83. The summed E-state index contributed by atoms with van der Waals surface area (Å²) in [6, 6.07) is 16.3. The average molecular weight is 362 g/mol. The van der Waals surface area contributed by atoms with Crippen LogP contribution in [0.2, 0.25) is 0 Å². The normalized spacial score (nSPS) is 12.6. The van der Waals surface area contributed by atoms with Gasteiger partial charge in [-0.15, -0.1) is 0 Å². The van der Waals surface area contributed by atoms with Gasteiger partial charge in [-0.3, -0.25) is 14.6 Å². The smallest absolute Gasteiger partial charge is 0.187 e. The summed E-state index contributed by atoms with van der Waals surface area (Å²) in [5.41, 5.74) is 2.68. The number of Topliss-reactive ketones (excluding diaryl/α,β-unsaturated/α-hetero) is 1. The number of carbonyl (C=O) groups excluding carboxylic acids is 2. The van der Waals surface area contributed by atoms with Crippen LogP contribution < -0.4 is 5.32 Å². The van der Waals surface area contributed by atoms with Crippen molar-refractivity contribution in [1.29, 1.82) is 0 Å². The number of hydrogen-bond donors (Lipinski definition) is 2. The van der Waals surface area contributed by atoms with Crippen molar-refractivity contribution in [2.24, 2.45) is 4.99 Å². The predicted molar refractivity (Wildman–Crippen MR) is 109 cm³/mol. The van der Waals surface area contributed by atoms with Gasteiger partial charge in [0.1, 0.15) is 5.76 Å². The van der Waals surface area contributed by atoms with Crippen LogP contribution in [0.5, 0.6) is 0 Å². The molecule has 0 aliphatic heterocycles. The SMILES string of the molecule is CC(=O)/C(C=Nc1ccccc1N/C(C)=C/C(=O)c1ccccc1)=C(/C)O. The van der Waals surface area contributed by atoms with E-state index in [1.165, 1.54) is 26.1 Å². The van der Waals surface area contributed by atoms with Gasteiger partial charge >= 0.3 is 0 Å². The third kappa shape index (κ3) is 5.78. The molecule has 5 nitrogen and oxygen atoms in total. The lowest BCUT2D eigenvalue weighted by molar-refractivity contribution is -0.113. The first-order valence-corrected chi connectivity index (χ1v) is 8.47. The Hall–Kier alpha value is -3.47. The maximum absolute atomic E-state index is 12.3. The van der Waals surface area contributed by atoms with Gasteiger partial charge in [-0.1, -0.05) is 42.5 Å². The Labute approximate surface area is 158 Å². The highest BCUT2D eigenvalue weighted by Gasteiger charge is 2.07. The number of carbonyl (C=O) groups is 2. The molecule has 2 N–H and O–H groups in total. The molecule has 138 valence electrons. The van der Waals surface area contributed by atoms with Crippen LogP contribution in [0.4, 0.5) is 11.4 Å². The highest BCUT2D eigenvalue weighted by atomic mass is 16.3. The summed E-state index contributed by atoms with van der Waals surface area (Å²) in [5, 5.41) is 12.7. The molecule has 27 heavy (non-hydrogen) atoms. The molecule has 0 aliphatic carbocycles. The zero-order chi connectivity index (χ0) is 19.8. The molecule has 0 unspecified atom stereocenters. The molecule has 2 rings (SSSR count). The second-order valence-electron chi connectivity index (χ2n) is 6.01. The van der Waals surface area contributed by atoms with Gasteiger partial charge in [0.05, 0.1) is 16.9 Å². The fourth-order valence-corrected chi connectivity index (χ4v) is 2.40. The second-order valence-corrected chi connectivity index (χ2v) is 6.01. The fourth-order valence-electron chi connectivity index (χ4n) is 2.40. The van der Waals surface area contributed by atoms with Gasteiger partial charge in [0, 0.05) is 23.6 Å². The van der Waals surface area contributed by atoms with E-state index < -0.39 is 0 Å². The molecule has 2 aromatic carbocycles. The molecule has 0 saturated carbocycles. The number of aliphatic hydroxyl groups is 1. The van der Waals surface area contributed by atoms with Crippen molar-refractivity contribution in [3.05, 3.63) is 83.3 Å². The molecule has 0 bridgehead atoms. The van der Waals surface area contributed by atoms with Gasteiger partial charge < -0.3 is 10.4 Å². The molecule has 0 spiro atoms. The summed E-state index contributed by atoms with van der Waals surface area (Å²) < 4.78 is 0. The van der Waals surface area contributed by atoms with E-state index in [9.17, 15) is 14.7 Å². The molecule has 0 fully saturated rings. The molecule has 0 radical (unpaired) electrons. The Morgan fingerprint density at radius 3 is 2.22 bits per heavy atom. The van der Waals surface area contributed by atoms with E-state index in [0.717, 1.165) is 0 Å². The van der Waals surface area contributed by atoms with Crippen molar-refractivity contribution >= 4 is 29.2 Å². The van der Waals surface area contributed by atoms with Crippen LogP contribution in [-0.4, -0.2) is 22.9 Å². The maximum Gasteiger partial charge on any atom is 0.187 e. The van der Waals surface area contributed by atoms with Gasteiger partial charge in [0.15, 0.2) is 11.6 Å². The van der Waals surface area contributed by atoms with Crippen LogP contribution in [0.25, 0.3) is 0 Å². The number of para-hydroxylation sites is 2. The topological polar surface area (TPSA) is 78.8 Å². The van der Waals surface area contributed by atoms with Crippen LogP contribution >= 0.6 is 0 Å². The lowest BCUT2D eigenvalue weighted by atomic mass is 10.1. The highest BCUT2D eigenvalue weighted by Crippen LogP contribution is 2.25. The lowest BCUT2D eigenvalue weighted by Gasteiger charge is -2.09. The van der Waals surface area contributed by atoms with Crippen molar-refractivity contribution < 1.29 is 14.7 Å². The van der Waals surface area contributed by atoms with Crippen LogP contribution in [0.1, 0.15) is 31.1 Å². The molecule has 0 amide bonds. The number of hydrogen-bond acceptors (Lipinski definition) is 5. The lowest BCUT2D eigenvalue weighted by Crippen LogP contribution is -2.02. The number of allylic oxidation sites excluding steroid dienone is 4. The Morgan fingerprint density at radius 1 is 0.963 bits per heavy atom. The Morgan fingerprint density at radius 2 is 1.59 bits per heavy atom. The summed E-state index contributed by atoms with van der Waals surface area (Å²) >= 11 is 0. The van der Waals surface area contributed by atoms with E-state index in [1.807, 2.05) is 36.4 Å². The molecular formula is C22H22N2O3. The molecule has 5 heteroatoms. The number of nitrogens with one attached hydrogen (secondary N) is 1. The van der Waals surface area contributed by atoms with Gasteiger partial charge in [-0.25, -0.2) is 0 Å². The van der Waals surface area contributed by atoms with Crippen molar-refractivity contribution in [2.75, 3.05) is 5.32 Å². The van der Waals surface area contributed by atoms with Gasteiger partial charge in [0.25, 0.3) is 0 Å². The monoisotopic (exact) mass is 362 g/mol.